The van der Waals surface area contributed by atoms with E-state index in [1.165, 1.54) is 79.5 Å². The minimum atomic E-state index is -0.0320. The van der Waals surface area contributed by atoms with Crippen molar-refractivity contribution in [1.82, 2.24) is 4.98 Å². The fourth-order valence-corrected chi connectivity index (χ4v) is 12.0. The lowest BCUT2D eigenvalue weighted by Crippen LogP contribution is -2.53. The van der Waals surface area contributed by atoms with Gasteiger partial charge in [-0.05, 0) is 127 Å². The Morgan fingerprint density at radius 1 is 0.953 bits per heavy atom. The van der Waals surface area contributed by atoms with Crippen LogP contribution in [0.2, 0.25) is 0 Å². The molecule has 3 nitrogen and oxygen atoms in total. The van der Waals surface area contributed by atoms with E-state index in [9.17, 15) is 4.79 Å². The number of pyridine rings is 1. The number of thiophene rings is 1. The van der Waals surface area contributed by atoms with Crippen LogP contribution >= 0.6 is 43.2 Å². The highest BCUT2D eigenvalue weighted by Gasteiger charge is 2.59. The molecule has 6 heteroatoms. The quantitative estimate of drug-likeness (QED) is 0.215. The summed E-state index contributed by atoms with van der Waals surface area (Å²) in [7, 11) is 0. The number of aromatic nitrogens is 1. The summed E-state index contributed by atoms with van der Waals surface area (Å²) >= 11 is 8.71. The lowest BCUT2D eigenvalue weighted by molar-refractivity contribution is -0.0907. The van der Waals surface area contributed by atoms with Gasteiger partial charge in [-0.3, -0.25) is 4.79 Å². The third-order valence-electron chi connectivity index (χ3n) is 12.3. The maximum atomic E-state index is 13.8. The standard InChI is InChI=1S/C37H38Br2N2OS/c1-36-16-4-3-7-22(36)11-14-25-27(36)15-17-37(2)28(25)19-26-29(21-6-5-8-24(39)18-21)30-31(40)33(43-35(30)41-34(26)37)32(42)20-9-12-23(38)13-10-20/h5-6,8-10,12-13,18,22,25,27-28H,3-4,7,11,14-17,19,40H2,1-2H3. The number of nitrogen functional groups attached to an aromatic ring is 1. The van der Waals surface area contributed by atoms with Crippen molar-refractivity contribution in [2.45, 2.75) is 77.0 Å². The molecule has 3 fully saturated rings. The van der Waals surface area contributed by atoms with Gasteiger partial charge in [-0.2, -0.15) is 0 Å². The molecule has 2 heterocycles. The fraction of sp³-hybridized carbons (Fsp3) is 0.459. The molecule has 6 atom stereocenters. The van der Waals surface area contributed by atoms with Gasteiger partial charge in [0.25, 0.3) is 0 Å². The minimum Gasteiger partial charge on any atom is -0.397 e. The molecule has 43 heavy (non-hydrogen) atoms. The Hall–Kier alpha value is -2.02. The van der Waals surface area contributed by atoms with Crippen molar-refractivity contribution < 1.29 is 4.79 Å². The van der Waals surface area contributed by atoms with Gasteiger partial charge < -0.3 is 5.73 Å². The average Bonchev–Trinajstić information content (AvgIpc) is 3.49. The zero-order chi connectivity index (χ0) is 29.7. The van der Waals surface area contributed by atoms with Gasteiger partial charge in [-0.1, -0.05) is 70.7 Å². The Morgan fingerprint density at radius 3 is 2.56 bits per heavy atom. The van der Waals surface area contributed by atoms with E-state index in [0.29, 0.717) is 27.5 Å². The number of carbonyl (C=O) groups is 1. The molecule has 2 aromatic heterocycles. The first-order chi connectivity index (χ1) is 20.7. The summed E-state index contributed by atoms with van der Waals surface area (Å²) in [4.78, 5) is 20.8. The smallest absolute Gasteiger partial charge is 0.205 e. The number of hydrogen-bond donors (Lipinski definition) is 1. The number of halogens is 2. The van der Waals surface area contributed by atoms with Crippen molar-refractivity contribution in [3.63, 3.8) is 0 Å². The van der Waals surface area contributed by atoms with Crippen molar-refractivity contribution in [1.29, 1.82) is 0 Å². The minimum absolute atomic E-state index is 0.0320. The Balaban J connectivity index is 1.29. The molecule has 4 aliphatic carbocycles. The highest BCUT2D eigenvalue weighted by molar-refractivity contribution is 9.10. The van der Waals surface area contributed by atoms with E-state index in [0.717, 1.165) is 48.9 Å². The lowest BCUT2D eigenvalue weighted by Gasteiger charge is -2.59. The molecule has 0 amide bonds. The summed E-state index contributed by atoms with van der Waals surface area (Å²) in [5.41, 5.74) is 13.8. The number of hydrogen-bond acceptors (Lipinski definition) is 4. The molecule has 8 rings (SSSR count). The largest absolute Gasteiger partial charge is 0.397 e. The van der Waals surface area contributed by atoms with Crippen molar-refractivity contribution in [2.75, 3.05) is 5.73 Å². The Bertz CT molecular complexity index is 1780. The maximum absolute atomic E-state index is 13.8. The third kappa shape index (κ3) is 4.21. The second-order valence-electron chi connectivity index (χ2n) is 14.2. The molecule has 4 aliphatic rings. The highest BCUT2D eigenvalue weighted by Crippen LogP contribution is 2.66. The highest BCUT2D eigenvalue weighted by atomic mass is 79.9. The van der Waals surface area contributed by atoms with Crippen LogP contribution in [0.1, 0.15) is 91.7 Å². The second-order valence-corrected chi connectivity index (χ2v) is 17.1. The van der Waals surface area contributed by atoms with E-state index in [2.05, 4.69) is 70.0 Å². The third-order valence-corrected chi connectivity index (χ3v) is 14.5. The lowest BCUT2D eigenvalue weighted by atomic mass is 9.45. The molecule has 0 bridgehead atoms. The number of anilines is 1. The van der Waals surface area contributed by atoms with Crippen LogP contribution in [0.15, 0.2) is 57.5 Å². The molecule has 222 valence electrons. The Kier molecular flexibility index (Phi) is 6.78. The van der Waals surface area contributed by atoms with Crippen LogP contribution in [0, 0.1) is 29.1 Å². The van der Waals surface area contributed by atoms with Gasteiger partial charge in [-0.25, -0.2) is 4.98 Å². The molecule has 0 spiro atoms. The number of nitrogens with zero attached hydrogens (tertiary/aromatic N) is 1. The molecule has 0 saturated heterocycles. The summed E-state index contributed by atoms with van der Waals surface area (Å²) in [6, 6.07) is 16.2. The molecule has 0 aliphatic heterocycles. The van der Waals surface area contributed by atoms with Crippen LogP contribution < -0.4 is 5.73 Å². The van der Waals surface area contributed by atoms with E-state index >= 15 is 0 Å². The van der Waals surface area contributed by atoms with Crippen LogP contribution in [0.5, 0.6) is 0 Å². The predicted molar refractivity (Wildman–Crippen MR) is 185 cm³/mol. The number of carbonyl (C=O) groups excluding carboxylic acids is 1. The van der Waals surface area contributed by atoms with Gasteiger partial charge in [0.15, 0.2) is 0 Å². The maximum Gasteiger partial charge on any atom is 0.205 e. The Morgan fingerprint density at radius 2 is 1.77 bits per heavy atom. The van der Waals surface area contributed by atoms with Gasteiger partial charge in [0.1, 0.15) is 9.71 Å². The molecule has 0 radical (unpaired) electrons. The fourth-order valence-electron chi connectivity index (χ4n) is 10.2. The number of rotatable bonds is 3. The molecule has 6 unspecified atom stereocenters. The first kappa shape index (κ1) is 28.5. The normalized spacial score (nSPS) is 31.3. The first-order valence-corrected chi connectivity index (χ1v) is 18.4. The van der Waals surface area contributed by atoms with E-state index in [1.807, 2.05) is 24.3 Å². The Labute approximate surface area is 275 Å². The number of ketones is 1. The molecule has 2 aromatic carbocycles. The van der Waals surface area contributed by atoms with Crippen LogP contribution in [-0.4, -0.2) is 10.8 Å². The topological polar surface area (TPSA) is 56.0 Å². The number of benzene rings is 2. The van der Waals surface area contributed by atoms with Gasteiger partial charge >= 0.3 is 0 Å². The summed E-state index contributed by atoms with van der Waals surface area (Å²) in [6.45, 7) is 5.17. The van der Waals surface area contributed by atoms with Crippen LogP contribution in [0.3, 0.4) is 0 Å². The van der Waals surface area contributed by atoms with Gasteiger partial charge in [0, 0.05) is 25.3 Å². The molecule has 2 N–H and O–H groups in total. The van der Waals surface area contributed by atoms with Crippen molar-refractivity contribution >= 4 is 64.9 Å². The zero-order valence-electron chi connectivity index (χ0n) is 24.9. The van der Waals surface area contributed by atoms with Crippen LogP contribution in [-0.2, 0) is 11.8 Å². The summed E-state index contributed by atoms with van der Waals surface area (Å²) in [5, 5.41) is 0.962. The SMILES string of the molecule is CC12CCC3C(CCC4CCCCC43C)C1Cc1c2nc2sc(C(=O)c3ccc(Br)cc3)c(N)c2c1-c1cccc(Br)c1. The van der Waals surface area contributed by atoms with Gasteiger partial charge in [0.05, 0.1) is 11.4 Å². The molecular formula is C37H38Br2N2OS. The van der Waals surface area contributed by atoms with E-state index in [1.54, 1.807) is 0 Å². The zero-order valence-corrected chi connectivity index (χ0v) is 28.9. The number of nitrogens with two attached hydrogens (primary N) is 1. The van der Waals surface area contributed by atoms with Gasteiger partial charge in [-0.15, -0.1) is 11.3 Å². The van der Waals surface area contributed by atoms with E-state index in [-0.39, 0.29) is 11.2 Å². The summed E-state index contributed by atoms with van der Waals surface area (Å²) in [5.74, 6) is 3.08. The summed E-state index contributed by atoms with van der Waals surface area (Å²) in [6.07, 6.45) is 12.0. The molecular weight excluding hydrogens is 680 g/mol. The first-order valence-electron chi connectivity index (χ1n) is 16.0. The monoisotopic (exact) mass is 716 g/mol. The van der Waals surface area contributed by atoms with Crippen molar-refractivity contribution in [3.05, 3.63) is 79.2 Å². The van der Waals surface area contributed by atoms with E-state index in [4.69, 9.17) is 10.7 Å². The molecule has 4 aromatic rings. The van der Waals surface area contributed by atoms with Crippen LogP contribution in [0.25, 0.3) is 21.3 Å². The second kappa shape index (κ2) is 10.3. The van der Waals surface area contributed by atoms with Crippen molar-refractivity contribution in [2.24, 2.45) is 29.1 Å². The predicted octanol–water partition coefficient (Wildman–Crippen LogP) is 10.7. The number of fused-ring (bicyclic) bond motifs is 8. The van der Waals surface area contributed by atoms with E-state index < -0.39 is 0 Å². The van der Waals surface area contributed by atoms with Crippen molar-refractivity contribution in [3.8, 4) is 11.1 Å². The van der Waals surface area contributed by atoms with Gasteiger partial charge in [0.2, 0.25) is 5.78 Å². The van der Waals surface area contributed by atoms with Crippen LogP contribution in [0.4, 0.5) is 5.69 Å². The average molecular weight is 719 g/mol. The summed E-state index contributed by atoms with van der Waals surface area (Å²) < 4.78 is 2.00. The molecule has 3 saturated carbocycles.